The number of hydrogen-bond donors (Lipinski definition) is 1. The molecule has 0 amide bonds. The van der Waals surface area contributed by atoms with Crippen LogP contribution in [0.4, 0.5) is 0 Å². The highest BCUT2D eigenvalue weighted by atomic mass is 35.5. The number of β-amino-alcohol motifs (C(OH)–C–C–N with tert-alkyl or cyclic N) is 1. The maximum absolute atomic E-state index is 9.22. The molecule has 0 saturated carbocycles. The van der Waals surface area contributed by atoms with Crippen LogP contribution in [0.5, 0.6) is 0 Å². The normalized spacial score (nSPS) is 28.8. The predicted octanol–water partition coefficient (Wildman–Crippen LogP) is 0.682. The van der Waals surface area contributed by atoms with Gasteiger partial charge in [0.15, 0.2) is 0 Å². The van der Waals surface area contributed by atoms with Crippen LogP contribution in [0.2, 0.25) is 0 Å². The van der Waals surface area contributed by atoms with Crippen LogP contribution in [0.15, 0.2) is 0 Å². The first-order valence-electron chi connectivity index (χ1n) is 3.79. The van der Waals surface area contributed by atoms with Crippen LogP contribution < -0.4 is 0 Å². The van der Waals surface area contributed by atoms with Crippen molar-refractivity contribution in [3.8, 4) is 0 Å². The van der Waals surface area contributed by atoms with Crippen LogP contribution in [0, 0.1) is 0 Å². The zero-order chi connectivity index (χ0) is 7.40. The third kappa shape index (κ3) is 2.45. The van der Waals surface area contributed by atoms with Crippen LogP contribution in [-0.4, -0.2) is 41.6 Å². The second kappa shape index (κ2) is 4.16. The molecule has 1 atom stereocenters. The topological polar surface area (TPSA) is 23.5 Å². The van der Waals surface area contributed by atoms with Gasteiger partial charge in [-0.1, -0.05) is 0 Å². The van der Waals surface area contributed by atoms with Crippen molar-refractivity contribution in [1.82, 2.24) is 4.90 Å². The number of piperidine rings is 1. The second-order valence-corrected chi connectivity index (χ2v) is 3.16. The molecule has 1 fully saturated rings. The van der Waals surface area contributed by atoms with E-state index in [-0.39, 0.29) is 6.10 Å². The number of rotatable bonds is 2. The Morgan fingerprint density at radius 1 is 1.60 bits per heavy atom. The summed E-state index contributed by atoms with van der Waals surface area (Å²) < 4.78 is 0. The molecule has 0 aromatic heterocycles. The van der Waals surface area contributed by atoms with Crippen molar-refractivity contribution in [1.29, 1.82) is 0 Å². The summed E-state index contributed by atoms with van der Waals surface area (Å²) in [6.07, 6.45) is 1.95. The quantitative estimate of drug-likeness (QED) is 0.606. The van der Waals surface area contributed by atoms with Gasteiger partial charge in [0.2, 0.25) is 0 Å². The second-order valence-electron chi connectivity index (χ2n) is 2.79. The molecule has 1 heterocycles. The first-order chi connectivity index (χ1) is 4.83. The molecule has 1 rings (SSSR count). The Morgan fingerprint density at radius 3 is 3.00 bits per heavy atom. The lowest BCUT2D eigenvalue weighted by Gasteiger charge is -2.29. The molecule has 3 heteroatoms. The average molecular weight is 164 g/mol. The van der Waals surface area contributed by atoms with Gasteiger partial charge in [0.1, 0.15) is 0 Å². The van der Waals surface area contributed by atoms with Crippen molar-refractivity contribution in [2.45, 2.75) is 18.9 Å². The Labute approximate surface area is 66.8 Å². The van der Waals surface area contributed by atoms with Gasteiger partial charge in [0.25, 0.3) is 0 Å². The van der Waals surface area contributed by atoms with Crippen molar-refractivity contribution < 1.29 is 5.11 Å². The molecule has 1 saturated heterocycles. The summed E-state index contributed by atoms with van der Waals surface area (Å²) in [5, 5.41) is 9.22. The van der Waals surface area contributed by atoms with E-state index in [2.05, 4.69) is 4.90 Å². The van der Waals surface area contributed by atoms with Crippen molar-refractivity contribution in [3.05, 3.63) is 0 Å². The number of aliphatic hydroxyl groups is 1. The predicted molar refractivity (Wildman–Crippen MR) is 42.4 cm³/mol. The minimum Gasteiger partial charge on any atom is -0.392 e. The lowest BCUT2D eigenvalue weighted by Crippen LogP contribution is -2.39. The molecule has 1 aliphatic heterocycles. The van der Waals surface area contributed by atoms with E-state index in [4.69, 9.17) is 11.6 Å². The van der Waals surface area contributed by atoms with Gasteiger partial charge < -0.3 is 5.11 Å². The van der Waals surface area contributed by atoms with Gasteiger partial charge in [0.05, 0.1) is 6.10 Å². The Morgan fingerprint density at radius 2 is 2.40 bits per heavy atom. The standard InChI is InChI=1S/C7H14ClNO/c8-3-5-9-4-1-2-7(10)6-9/h7,10H,1-6H2/t7-/m0/s1. The molecule has 0 aromatic rings. The molecule has 10 heavy (non-hydrogen) atoms. The summed E-state index contributed by atoms with van der Waals surface area (Å²) in [5.74, 6) is 0.673. The average Bonchev–Trinajstić information content (AvgIpc) is 1.88. The van der Waals surface area contributed by atoms with E-state index in [1.54, 1.807) is 0 Å². The summed E-state index contributed by atoms with van der Waals surface area (Å²) in [7, 11) is 0. The molecule has 2 nitrogen and oxygen atoms in total. The molecule has 0 unspecified atom stereocenters. The molecule has 0 aromatic carbocycles. The Bertz CT molecular complexity index is 97.6. The highest BCUT2D eigenvalue weighted by Crippen LogP contribution is 2.08. The SMILES string of the molecule is O[C@H]1CCCN(CCCl)C1. The highest BCUT2D eigenvalue weighted by molar-refractivity contribution is 6.18. The first kappa shape index (κ1) is 8.31. The van der Waals surface area contributed by atoms with E-state index in [0.29, 0.717) is 5.88 Å². The number of nitrogens with zero attached hydrogens (tertiary/aromatic N) is 1. The van der Waals surface area contributed by atoms with Gasteiger partial charge >= 0.3 is 0 Å². The summed E-state index contributed by atoms with van der Waals surface area (Å²) in [4.78, 5) is 2.21. The summed E-state index contributed by atoms with van der Waals surface area (Å²) >= 11 is 5.56. The Balaban J connectivity index is 2.18. The van der Waals surface area contributed by atoms with Gasteiger partial charge in [-0.2, -0.15) is 0 Å². The van der Waals surface area contributed by atoms with Gasteiger partial charge in [-0.05, 0) is 19.4 Å². The van der Waals surface area contributed by atoms with Gasteiger partial charge in [0, 0.05) is 19.0 Å². The molecular formula is C7H14ClNO. The van der Waals surface area contributed by atoms with Crippen LogP contribution in [-0.2, 0) is 0 Å². The number of aliphatic hydroxyl groups excluding tert-OH is 1. The number of hydrogen-bond acceptors (Lipinski definition) is 2. The monoisotopic (exact) mass is 163 g/mol. The van der Waals surface area contributed by atoms with Crippen LogP contribution >= 0.6 is 11.6 Å². The number of alkyl halides is 1. The largest absolute Gasteiger partial charge is 0.392 e. The van der Waals surface area contributed by atoms with Crippen LogP contribution in [0.25, 0.3) is 0 Å². The molecule has 0 spiro atoms. The maximum atomic E-state index is 9.22. The summed E-state index contributed by atoms with van der Waals surface area (Å²) in [6, 6.07) is 0. The molecule has 0 aliphatic carbocycles. The highest BCUT2D eigenvalue weighted by Gasteiger charge is 2.15. The van der Waals surface area contributed by atoms with Crippen LogP contribution in [0.3, 0.4) is 0 Å². The van der Waals surface area contributed by atoms with Crippen molar-refractivity contribution in [3.63, 3.8) is 0 Å². The third-order valence-electron chi connectivity index (χ3n) is 1.88. The Kier molecular flexibility index (Phi) is 3.46. The third-order valence-corrected chi connectivity index (χ3v) is 2.05. The first-order valence-corrected chi connectivity index (χ1v) is 4.33. The lowest BCUT2D eigenvalue weighted by atomic mass is 10.1. The molecular weight excluding hydrogens is 150 g/mol. The Hall–Kier alpha value is 0.210. The minimum absolute atomic E-state index is 0.114. The van der Waals surface area contributed by atoms with Gasteiger partial charge in [-0.15, -0.1) is 11.6 Å². The molecule has 1 aliphatic rings. The lowest BCUT2D eigenvalue weighted by molar-refractivity contribution is 0.0741. The summed E-state index contributed by atoms with van der Waals surface area (Å²) in [5.41, 5.74) is 0. The van der Waals surface area contributed by atoms with Gasteiger partial charge in [-0.3, -0.25) is 4.90 Å². The molecule has 1 N–H and O–H groups in total. The number of halogens is 1. The zero-order valence-corrected chi connectivity index (χ0v) is 6.85. The number of likely N-dealkylation sites (tertiary alicyclic amines) is 1. The molecule has 60 valence electrons. The van der Waals surface area contributed by atoms with E-state index in [1.165, 1.54) is 0 Å². The van der Waals surface area contributed by atoms with Crippen molar-refractivity contribution in [2.75, 3.05) is 25.5 Å². The van der Waals surface area contributed by atoms with E-state index >= 15 is 0 Å². The maximum Gasteiger partial charge on any atom is 0.0667 e. The van der Waals surface area contributed by atoms with E-state index in [9.17, 15) is 5.11 Å². The van der Waals surface area contributed by atoms with E-state index in [0.717, 1.165) is 32.5 Å². The van der Waals surface area contributed by atoms with Crippen LogP contribution in [0.1, 0.15) is 12.8 Å². The van der Waals surface area contributed by atoms with Gasteiger partial charge in [-0.25, -0.2) is 0 Å². The van der Waals surface area contributed by atoms with Crippen molar-refractivity contribution >= 4 is 11.6 Å². The fourth-order valence-electron chi connectivity index (χ4n) is 1.35. The zero-order valence-electron chi connectivity index (χ0n) is 6.09. The van der Waals surface area contributed by atoms with E-state index < -0.39 is 0 Å². The van der Waals surface area contributed by atoms with Crippen molar-refractivity contribution in [2.24, 2.45) is 0 Å². The summed E-state index contributed by atoms with van der Waals surface area (Å²) in [6.45, 7) is 2.83. The minimum atomic E-state index is -0.114. The smallest absolute Gasteiger partial charge is 0.0667 e. The molecule has 0 radical (unpaired) electrons. The fourth-order valence-corrected chi connectivity index (χ4v) is 1.59. The molecule has 0 bridgehead atoms. The van der Waals surface area contributed by atoms with E-state index in [1.807, 2.05) is 0 Å². The fraction of sp³-hybridized carbons (Fsp3) is 1.00.